The first-order valence-corrected chi connectivity index (χ1v) is 5.83. The van der Waals surface area contributed by atoms with Gasteiger partial charge in [-0.05, 0) is 13.8 Å². The van der Waals surface area contributed by atoms with Gasteiger partial charge in [0, 0.05) is 13.1 Å². The van der Waals surface area contributed by atoms with Gasteiger partial charge in [-0.3, -0.25) is 9.78 Å². The lowest BCUT2D eigenvalue weighted by atomic mass is 10.2. The molecular formula is C11H17N5O2. The van der Waals surface area contributed by atoms with Gasteiger partial charge in [0.15, 0.2) is 5.82 Å². The van der Waals surface area contributed by atoms with Crippen molar-refractivity contribution in [3.05, 3.63) is 18.1 Å². The molecule has 2 heterocycles. The van der Waals surface area contributed by atoms with Crippen LogP contribution in [0.15, 0.2) is 12.4 Å². The summed E-state index contributed by atoms with van der Waals surface area (Å²) in [5, 5.41) is 0. The predicted molar refractivity (Wildman–Crippen MR) is 65.8 cm³/mol. The van der Waals surface area contributed by atoms with E-state index in [1.165, 1.54) is 12.4 Å². The first kappa shape index (κ1) is 12.7. The van der Waals surface area contributed by atoms with Crippen LogP contribution in [0.1, 0.15) is 24.3 Å². The largest absolute Gasteiger partial charge is 0.372 e. The fourth-order valence-electron chi connectivity index (χ4n) is 2.04. The maximum Gasteiger partial charge on any atom is 0.274 e. The summed E-state index contributed by atoms with van der Waals surface area (Å²) in [6.45, 7) is 5.01. The van der Waals surface area contributed by atoms with Crippen molar-refractivity contribution in [2.75, 3.05) is 18.5 Å². The van der Waals surface area contributed by atoms with Gasteiger partial charge in [-0.2, -0.15) is 0 Å². The molecule has 98 valence electrons. The highest BCUT2D eigenvalue weighted by molar-refractivity contribution is 5.92. The van der Waals surface area contributed by atoms with E-state index in [0.29, 0.717) is 18.9 Å². The summed E-state index contributed by atoms with van der Waals surface area (Å²) in [6, 6.07) is 0. The Kier molecular flexibility index (Phi) is 3.73. The molecule has 2 atom stereocenters. The highest BCUT2D eigenvalue weighted by Crippen LogP contribution is 2.13. The third-order valence-corrected chi connectivity index (χ3v) is 2.71. The van der Waals surface area contributed by atoms with Crippen LogP contribution in [0.4, 0.5) is 5.82 Å². The van der Waals surface area contributed by atoms with E-state index in [0.717, 1.165) is 0 Å². The summed E-state index contributed by atoms with van der Waals surface area (Å²) in [6.07, 6.45) is 2.96. The molecule has 0 spiro atoms. The zero-order chi connectivity index (χ0) is 13.1. The Balaban J connectivity index is 2.14. The van der Waals surface area contributed by atoms with Gasteiger partial charge in [-0.25, -0.2) is 10.8 Å². The number of nitrogens with zero attached hydrogens (tertiary/aromatic N) is 3. The van der Waals surface area contributed by atoms with Crippen molar-refractivity contribution >= 4 is 11.7 Å². The van der Waals surface area contributed by atoms with Crippen LogP contribution in [0.2, 0.25) is 0 Å². The van der Waals surface area contributed by atoms with Gasteiger partial charge < -0.3 is 15.1 Å². The monoisotopic (exact) mass is 251 g/mol. The van der Waals surface area contributed by atoms with E-state index >= 15 is 0 Å². The van der Waals surface area contributed by atoms with Gasteiger partial charge in [-0.15, -0.1) is 0 Å². The molecule has 0 bridgehead atoms. The lowest BCUT2D eigenvalue weighted by Crippen LogP contribution is -2.48. The van der Waals surface area contributed by atoms with E-state index in [4.69, 9.17) is 10.6 Å². The van der Waals surface area contributed by atoms with Crippen molar-refractivity contribution in [2.45, 2.75) is 26.1 Å². The summed E-state index contributed by atoms with van der Waals surface area (Å²) in [4.78, 5) is 22.0. The fourth-order valence-corrected chi connectivity index (χ4v) is 2.04. The first-order valence-electron chi connectivity index (χ1n) is 5.83. The lowest BCUT2D eigenvalue weighted by Gasteiger charge is -2.35. The highest BCUT2D eigenvalue weighted by atomic mass is 16.5. The molecule has 0 saturated carbocycles. The molecule has 1 saturated heterocycles. The number of hydrogen-bond acceptors (Lipinski definition) is 6. The van der Waals surface area contributed by atoms with Crippen LogP contribution in [0.3, 0.4) is 0 Å². The van der Waals surface area contributed by atoms with Crippen LogP contribution in [0.25, 0.3) is 0 Å². The van der Waals surface area contributed by atoms with Crippen molar-refractivity contribution in [1.82, 2.24) is 14.9 Å². The number of morpholine rings is 1. The van der Waals surface area contributed by atoms with E-state index in [-0.39, 0.29) is 23.8 Å². The van der Waals surface area contributed by atoms with Crippen molar-refractivity contribution < 1.29 is 9.53 Å². The number of nitrogens with one attached hydrogen (secondary N) is 1. The second kappa shape index (κ2) is 5.28. The lowest BCUT2D eigenvalue weighted by molar-refractivity contribution is -0.0587. The van der Waals surface area contributed by atoms with Gasteiger partial charge in [0.2, 0.25) is 0 Å². The van der Waals surface area contributed by atoms with Crippen molar-refractivity contribution in [2.24, 2.45) is 5.84 Å². The number of hydrogen-bond donors (Lipinski definition) is 2. The maximum atomic E-state index is 12.3. The molecule has 1 aromatic heterocycles. The van der Waals surface area contributed by atoms with Gasteiger partial charge in [-0.1, -0.05) is 0 Å². The fraction of sp³-hybridized carbons (Fsp3) is 0.545. The average Bonchev–Trinajstić information content (AvgIpc) is 2.37. The third-order valence-electron chi connectivity index (χ3n) is 2.71. The molecule has 0 aromatic carbocycles. The van der Waals surface area contributed by atoms with Gasteiger partial charge in [0.25, 0.3) is 5.91 Å². The minimum absolute atomic E-state index is 0.0291. The summed E-state index contributed by atoms with van der Waals surface area (Å²) in [5.41, 5.74) is 2.66. The standard InChI is InChI=1S/C11H17N5O2/c1-7-5-16(6-8(2)18-7)11(17)9-3-13-4-10(14-9)15-12/h3-4,7-8H,5-6,12H2,1-2H3,(H,14,15). The molecule has 1 amide bonds. The molecule has 1 aromatic rings. The van der Waals surface area contributed by atoms with Crippen LogP contribution < -0.4 is 11.3 Å². The molecule has 7 heteroatoms. The number of carbonyl (C=O) groups is 1. The molecule has 0 radical (unpaired) electrons. The van der Waals surface area contributed by atoms with Crippen LogP contribution in [-0.4, -0.2) is 46.1 Å². The van der Waals surface area contributed by atoms with Crippen LogP contribution in [0, 0.1) is 0 Å². The minimum Gasteiger partial charge on any atom is -0.372 e. The zero-order valence-corrected chi connectivity index (χ0v) is 10.5. The quantitative estimate of drug-likeness (QED) is 0.568. The Morgan fingerprint density at radius 2 is 2.11 bits per heavy atom. The van der Waals surface area contributed by atoms with Crippen LogP contribution >= 0.6 is 0 Å². The summed E-state index contributed by atoms with van der Waals surface area (Å²) >= 11 is 0. The number of nitrogens with two attached hydrogens (primary N) is 1. The van der Waals surface area contributed by atoms with Crippen molar-refractivity contribution in [3.63, 3.8) is 0 Å². The summed E-state index contributed by atoms with van der Waals surface area (Å²) in [7, 11) is 0. The molecule has 2 rings (SSSR count). The van der Waals surface area contributed by atoms with Crippen molar-refractivity contribution in [3.8, 4) is 0 Å². The van der Waals surface area contributed by atoms with Crippen LogP contribution in [-0.2, 0) is 4.74 Å². The molecule has 7 nitrogen and oxygen atoms in total. The SMILES string of the molecule is CC1CN(C(=O)c2cncc(NN)n2)CC(C)O1. The van der Waals surface area contributed by atoms with Gasteiger partial charge in [0.05, 0.1) is 24.6 Å². The van der Waals surface area contributed by atoms with E-state index in [9.17, 15) is 4.79 Å². The molecule has 1 aliphatic heterocycles. The topological polar surface area (TPSA) is 93.4 Å². The second-order valence-electron chi connectivity index (χ2n) is 4.40. The highest BCUT2D eigenvalue weighted by Gasteiger charge is 2.27. The smallest absolute Gasteiger partial charge is 0.274 e. The molecular weight excluding hydrogens is 234 g/mol. The number of hydrazine groups is 1. The Bertz CT molecular complexity index is 429. The zero-order valence-electron chi connectivity index (χ0n) is 10.5. The number of amides is 1. The number of aromatic nitrogens is 2. The predicted octanol–water partition coefficient (Wildman–Crippen LogP) is 0.0116. The summed E-state index contributed by atoms with van der Waals surface area (Å²) < 4.78 is 5.59. The second-order valence-corrected chi connectivity index (χ2v) is 4.40. The third kappa shape index (κ3) is 2.74. The molecule has 1 aliphatic rings. The van der Waals surface area contributed by atoms with E-state index < -0.39 is 0 Å². The van der Waals surface area contributed by atoms with E-state index in [1.807, 2.05) is 13.8 Å². The van der Waals surface area contributed by atoms with Gasteiger partial charge >= 0.3 is 0 Å². The number of carbonyl (C=O) groups excluding carboxylic acids is 1. The average molecular weight is 251 g/mol. The molecule has 2 unspecified atom stereocenters. The normalized spacial score (nSPS) is 23.8. The Morgan fingerprint density at radius 3 is 2.72 bits per heavy atom. The van der Waals surface area contributed by atoms with Crippen molar-refractivity contribution in [1.29, 1.82) is 0 Å². The molecule has 18 heavy (non-hydrogen) atoms. The Labute approximate surface area is 105 Å². The first-order chi connectivity index (χ1) is 8.60. The van der Waals surface area contributed by atoms with Crippen LogP contribution in [0.5, 0.6) is 0 Å². The molecule has 0 aliphatic carbocycles. The number of nitrogen functional groups attached to an aromatic ring is 1. The number of rotatable bonds is 2. The molecule has 1 fully saturated rings. The maximum absolute atomic E-state index is 12.3. The van der Waals surface area contributed by atoms with E-state index in [1.54, 1.807) is 4.90 Å². The minimum atomic E-state index is -0.151. The molecule has 3 N–H and O–H groups in total. The van der Waals surface area contributed by atoms with Gasteiger partial charge in [0.1, 0.15) is 5.69 Å². The van der Waals surface area contributed by atoms with E-state index in [2.05, 4.69) is 15.4 Å². The number of anilines is 1. The number of ether oxygens (including phenoxy) is 1. The Hall–Kier alpha value is -1.73. The summed E-state index contributed by atoms with van der Waals surface area (Å²) in [5.74, 6) is 5.46. The Morgan fingerprint density at radius 1 is 1.44 bits per heavy atom.